The highest BCUT2D eigenvalue weighted by Crippen LogP contribution is 2.30. The zero-order valence-electron chi connectivity index (χ0n) is 11.9. The van der Waals surface area contributed by atoms with Crippen molar-refractivity contribution in [1.29, 1.82) is 0 Å². The number of methoxy groups -OCH3 is 1. The SMILES string of the molecule is COc1ccccc1-c1nc(N)nc(-c2ccccc2O)n1. The molecule has 0 aliphatic heterocycles. The van der Waals surface area contributed by atoms with Crippen LogP contribution in [0.4, 0.5) is 5.95 Å². The summed E-state index contributed by atoms with van der Waals surface area (Å²) in [5.41, 5.74) is 6.99. The molecule has 1 aromatic heterocycles. The molecule has 0 aliphatic carbocycles. The molecule has 6 heteroatoms. The highest BCUT2D eigenvalue weighted by molar-refractivity contribution is 5.69. The fourth-order valence-corrected chi connectivity index (χ4v) is 2.13. The molecular weight excluding hydrogens is 280 g/mol. The Labute approximate surface area is 127 Å². The van der Waals surface area contributed by atoms with E-state index < -0.39 is 0 Å². The van der Waals surface area contributed by atoms with Gasteiger partial charge in [-0.25, -0.2) is 4.98 Å². The second kappa shape index (κ2) is 5.69. The van der Waals surface area contributed by atoms with Crippen LogP contribution in [0.25, 0.3) is 22.8 Å². The molecule has 0 bridgehead atoms. The Kier molecular flexibility index (Phi) is 3.57. The van der Waals surface area contributed by atoms with Crippen molar-refractivity contribution in [3.63, 3.8) is 0 Å². The molecule has 3 rings (SSSR count). The van der Waals surface area contributed by atoms with Crippen LogP contribution < -0.4 is 10.5 Å². The fraction of sp³-hybridized carbons (Fsp3) is 0.0625. The van der Waals surface area contributed by atoms with E-state index in [9.17, 15) is 5.11 Å². The predicted molar refractivity (Wildman–Crippen MR) is 83.3 cm³/mol. The van der Waals surface area contributed by atoms with Crippen LogP contribution in [0.3, 0.4) is 0 Å². The summed E-state index contributed by atoms with van der Waals surface area (Å²) in [5, 5.41) is 9.95. The number of nitrogen functional groups attached to an aromatic ring is 1. The summed E-state index contributed by atoms with van der Waals surface area (Å²) < 4.78 is 5.32. The van der Waals surface area contributed by atoms with Crippen LogP contribution >= 0.6 is 0 Å². The van der Waals surface area contributed by atoms with Gasteiger partial charge in [0, 0.05) is 0 Å². The molecular formula is C16H14N4O2. The third-order valence-electron chi connectivity index (χ3n) is 3.15. The number of nitrogens with zero attached hydrogens (tertiary/aromatic N) is 3. The minimum atomic E-state index is 0.0779. The normalized spacial score (nSPS) is 10.4. The lowest BCUT2D eigenvalue weighted by atomic mass is 10.1. The van der Waals surface area contributed by atoms with Gasteiger partial charge in [0.1, 0.15) is 11.5 Å². The molecule has 2 aromatic carbocycles. The Balaban J connectivity index is 2.17. The molecule has 0 atom stereocenters. The molecule has 110 valence electrons. The number of benzene rings is 2. The van der Waals surface area contributed by atoms with Crippen molar-refractivity contribution in [2.45, 2.75) is 0 Å². The molecule has 0 amide bonds. The second-order valence-electron chi connectivity index (χ2n) is 4.56. The molecule has 0 saturated heterocycles. The molecule has 0 radical (unpaired) electrons. The average Bonchev–Trinajstić information content (AvgIpc) is 2.54. The van der Waals surface area contributed by atoms with Gasteiger partial charge in [-0.2, -0.15) is 9.97 Å². The van der Waals surface area contributed by atoms with Gasteiger partial charge in [-0.1, -0.05) is 24.3 Å². The highest BCUT2D eigenvalue weighted by atomic mass is 16.5. The number of anilines is 1. The molecule has 3 aromatic rings. The van der Waals surface area contributed by atoms with E-state index in [0.717, 1.165) is 0 Å². The molecule has 0 unspecified atom stereocenters. The predicted octanol–water partition coefficient (Wildman–Crippen LogP) is 2.50. The van der Waals surface area contributed by atoms with Crippen molar-refractivity contribution < 1.29 is 9.84 Å². The topological polar surface area (TPSA) is 94.2 Å². The third-order valence-corrected chi connectivity index (χ3v) is 3.15. The van der Waals surface area contributed by atoms with Crippen LogP contribution in [0, 0.1) is 0 Å². The van der Waals surface area contributed by atoms with Crippen LogP contribution in [0.5, 0.6) is 11.5 Å². The van der Waals surface area contributed by atoms with Gasteiger partial charge in [-0.3, -0.25) is 0 Å². The minimum Gasteiger partial charge on any atom is -0.507 e. The van der Waals surface area contributed by atoms with E-state index in [0.29, 0.717) is 28.5 Å². The summed E-state index contributed by atoms with van der Waals surface area (Å²) in [6.07, 6.45) is 0. The van der Waals surface area contributed by atoms with Gasteiger partial charge in [-0.05, 0) is 24.3 Å². The van der Waals surface area contributed by atoms with Crippen LogP contribution in [-0.4, -0.2) is 27.2 Å². The maximum Gasteiger partial charge on any atom is 0.224 e. The van der Waals surface area contributed by atoms with E-state index >= 15 is 0 Å². The summed E-state index contributed by atoms with van der Waals surface area (Å²) in [5.74, 6) is 1.50. The van der Waals surface area contributed by atoms with Gasteiger partial charge >= 0.3 is 0 Å². The zero-order chi connectivity index (χ0) is 15.5. The highest BCUT2D eigenvalue weighted by Gasteiger charge is 2.14. The molecule has 0 spiro atoms. The van der Waals surface area contributed by atoms with Crippen molar-refractivity contribution >= 4 is 5.95 Å². The maximum atomic E-state index is 9.95. The first-order chi connectivity index (χ1) is 10.7. The lowest BCUT2D eigenvalue weighted by Crippen LogP contribution is -2.03. The van der Waals surface area contributed by atoms with Gasteiger partial charge in [0.25, 0.3) is 0 Å². The van der Waals surface area contributed by atoms with E-state index in [1.54, 1.807) is 31.4 Å². The molecule has 0 fully saturated rings. The van der Waals surface area contributed by atoms with Gasteiger partial charge in [0.2, 0.25) is 5.95 Å². The number of para-hydroxylation sites is 2. The van der Waals surface area contributed by atoms with Crippen molar-refractivity contribution in [2.75, 3.05) is 12.8 Å². The molecule has 1 heterocycles. The van der Waals surface area contributed by atoms with Gasteiger partial charge in [0.05, 0.1) is 18.2 Å². The van der Waals surface area contributed by atoms with Crippen LogP contribution in [0.1, 0.15) is 0 Å². The molecule has 22 heavy (non-hydrogen) atoms. The monoisotopic (exact) mass is 294 g/mol. The second-order valence-corrected chi connectivity index (χ2v) is 4.56. The van der Waals surface area contributed by atoms with E-state index in [4.69, 9.17) is 10.5 Å². The van der Waals surface area contributed by atoms with Crippen LogP contribution in [-0.2, 0) is 0 Å². The molecule has 0 saturated carbocycles. The summed E-state index contributed by atoms with van der Waals surface area (Å²) in [6, 6.07) is 14.2. The Bertz CT molecular complexity index is 821. The number of phenols is 1. The van der Waals surface area contributed by atoms with E-state index in [1.807, 2.05) is 24.3 Å². The standard InChI is InChI=1S/C16H14N4O2/c1-22-13-9-5-3-7-11(13)15-18-14(19-16(17)20-15)10-6-2-4-8-12(10)21/h2-9,21H,1H3,(H2,17,18,19,20). The van der Waals surface area contributed by atoms with Crippen LogP contribution in [0.2, 0.25) is 0 Å². The van der Waals surface area contributed by atoms with Gasteiger partial charge in [-0.15, -0.1) is 0 Å². The molecule has 6 nitrogen and oxygen atoms in total. The smallest absolute Gasteiger partial charge is 0.224 e. The van der Waals surface area contributed by atoms with Gasteiger partial charge < -0.3 is 15.6 Å². The Morgan fingerprint density at radius 1 is 0.864 bits per heavy atom. The number of nitrogens with two attached hydrogens (primary N) is 1. The Hall–Kier alpha value is -3.15. The van der Waals surface area contributed by atoms with Gasteiger partial charge in [0.15, 0.2) is 11.6 Å². The number of aromatic hydroxyl groups is 1. The minimum absolute atomic E-state index is 0.0779. The lowest BCUT2D eigenvalue weighted by Gasteiger charge is -2.09. The Morgan fingerprint density at radius 3 is 2.14 bits per heavy atom. The first kappa shape index (κ1) is 13.8. The van der Waals surface area contributed by atoms with Crippen molar-refractivity contribution in [3.8, 4) is 34.3 Å². The number of rotatable bonds is 3. The maximum absolute atomic E-state index is 9.95. The number of hydrogen-bond donors (Lipinski definition) is 2. The third kappa shape index (κ3) is 2.54. The number of aromatic nitrogens is 3. The molecule has 0 aliphatic rings. The lowest BCUT2D eigenvalue weighted by molar-refractivity contribution is 0.416. The summed E-state index contributed by atoms with van der Waals surface area (Å²) >= 11 is 0. The number of ether oxygens (including phenoxy) is 1. The average molecular weight is 294 g/mol. The number of phenolic OH excluding ortho intramolecular Hbond substituents is 1. The molecule has 3 N–H and O–H groups in total. The fourth-order valence-electron chi connectivity index (χ4n) is 2.13. The van der Waals surface area contributed by atoms with Crippen molar-refractivity contribution in [3.05, 3.63) is 48.5 Å². The summed E-state index contributed by atoms with van der Waals surface area (Å²) in [6.45, 7) is 0. The van der Waals surface area contributed by atoms with E-state index in [-0.39, 0.29) is 11.7 Å². The van der Waals surface area contributed by atoms with Crippen molar-refractivity contribution in [2.24, 2.45) is 0 Å². The summed E-state index contributed by atoms with van der Waals surface area (Å²) in [7, 11) is 1.58. The first-order valence-electron chi connectivity index (χ1n) is 6.62. The summed E-state index contributed by atoms with van der Waals surface area (Å²) in [4.78, 5) is 12.7. The first-order valence-corrected chi connectivity index (χ1v) is 6.62. The van der Waals surface area contributed by atoms with Crippen LogP contribution in [0.15, 0.2) is 48.5 Å². The zero-order valence-corrected chi connectivity index (χ0v) is 11.9. The largest absolute Gasteiger partial charge is 0.507 e. The quantitative estimate of drug-likeness (QED) is 0.770. The van der Waals surface area contributed by atoms with E-state index in [1.165, 1.54) is 0 Å². The van der Waals surface area contributed by atoms with E-state index in [2.05, 4.69) is 15.0 Å². The van der Waals surface area contributed by atoms with Crippen molar-refractivity contribution in [1.82, 2.24) is 15.0 Å². The Morgan fingerprint density at radius 2 is 1.45 bits per heavy atom. The number of hydrogen-bond acceptors (Lipinski definition) is 6.